The van der Waals surface area contributed by atoms with E-state index in [-0.39, 0.29) is 12.1 Å². The van der Waals surface area contributed by atoms with Crippen LogP contribution < -0.4 is 5.32 Å². The van der Waals surface area contributed by atoms with Crippen LogP contribution in [0.4, 0.5) is 0 Å². The van der Waals surface area contributed by atoms with Gasteiger partial charge in [-0.3, -0.25) is 0 Å². The lowest BCUT2D eigenvalue weighted by Gasteiger charge is -2.25. The highest BCUT2D eigenvalue weighted by molar-refractivity contribution is 4.76. The molecule has 0 bridgehead atoms. The second kappa shape index (κ2) is 5.55. The van der Waals surface area contributed by atoms with E-state index in [9.17, 15) is 0 Å². The number of nitrogens with one attached hydrogen (secondary N) is 1. The first kappa shape index (κ1) is 11.9. The monoisotopic (exact) mass is 173 g/mol. The molecular weight excluding hydrogens is 150 g/mol. The standard InChI is InChI=1S/C10H23NO/c1-5-6-9(2)7-11-10(3,4)8-12/h9,11-12H,5-8H2,1-4H3/t9-/m1/s1. The number of hydrogen-bond acceptors (Lipinski definition) is 2. The number of aliphatic hydroxyl groups is 1. The van der Waals surface area contributed by atoms with Crippen molar-refractivity contribution in [2.45, 2.75) is 46.1 Å². The number of rotatable bonds is 6. The zero-order valence-electron chi connectivity index (χ0n) is 8.85. The predicted octanol–water partition coefficient (Wildman–Crippen LogP) is 1.78. The first-order chi connectivity index (χ1) is 5.52. The van der Waals surface area contributed by atoms with Crippen LogP contribution in [0.3, 0.4) is 0 Å². The minimum atomic E-state index is -0.123. The lowest BCUT2D eigenvalue weighted by Crippen LogP contribution is -2.44. The van der Waals surface area contributed by atoms with Crippen LogP contribution >= 0.6 is 0 Å². The zero-order chi connectivity index (χ0) is 9.61. The molecule has 0 rings (SSSR count). The van der Waals surface area contributed by atoms with Crippen molar-refractivity contribution in [1.29, 1.82) is 0 Å². The molecule has 0 aliphatic heterocycles. The Balaban J connectivity index is 3.52. The molecule has 0 aliphatic rings. The molecule has 0 radical (unpaired) electrons. The maximum absolute atomic E-state index is 8.97. The summed E-state index contributed by atoms with van der Waals surface area (Å²) in [4.78, 5) is 0. The van der Waals surface area contributed by atoms with E-state index in [1.54, 1.807) is 0 Å². The second-order valence-corrected chi connectivity index (χ2v) is 4.32. The molecule has 2 heteroatoms. The van der Waals surface area contributed by atoms with Crippen LogP contribution in [-0.4, -0.2) is 23.8 Å². The van der Waals surface area contributed by atoms with E-state index in [0.29, 0.717) is 5.92 Å². The molecular formula is C10H23NO. The van der Waals surface area contributed by atoms with E-state index in [4.69, 9.17) is 5.11 Å². The molecule has 0 amide bonds. The predicted molar refractivity (Wildman–Crippen MR) is 53.2 cm³/mol. The van der Waals surface area contributed by atoms with Gasteiger partial charge >= 0.3 is 0 Å². The van der Waals surface area contributed by atoms with Gasteiger partial charge in [0.1, 0.15) is 0 Å². The van der Waals surface area contributed by atoms with Crippen LogP contribution in [0.2, 0.25) is 0 Å². The molecule has 0 aromatic rings. The van der Waals surface area contributed by atoms with Gasteiger partial charge in [0.05, 0.1) is 6.61 Å². The van der Waals surface area contributed by atoms with Crippen LogP contribution in [0.25, 0.3) is 0 Å². The van der Waals surface area contributed by atoms with Crippen LogP contribution in [0.1, 0.15) is 40.5 Å². The molecule has 12 heavy (non-hydrogen) atoms. The van der Waals surface area contributed by atoms with Gasteiger partial charge in [-0.1, -0.05) is 20.3 Å². The molecule has 0 heterocycles. The Labute approximate surface area is 76.4 Å². The van der Waals surface area contributed by atoms with Crippen LogP contribution in [-0.2, 0) is 0 Å². The van der Waals surface area contributed by atoms with Crippen molar-refractivity contribution >= 4 is 0 Å². The molecule has 2 N–H and O–H groups in total. The van der Waals surface area contributed by atoms with Gasteiger partial charge in [0.25, 0.3) is 0 Å². The Hall–Kier alpha value is -0.0800. The van der Waals surface area contributed by atoms with Crippen molar-refractivity contribution < 1.29 is 5.11 Å². The van der Waals surface area contributed by atoms with Crippen LogP contribution in [0, 0.1) is 5.92 Å². The average Bonchev–Trinajstić information content (AvgIpc) is 2.02. The second-order valence-electron chi connectivity index (χ2n) is 4.32. The Morgan fingerprint density at radius 2 is 2.00 bits per heavy atom. The Kier molecular flexibility index (Phi) is 5.51. The largest absolute Gasteiger partial charge is 0.394 e. The first-order valence-corrected chi connectivity index (χ1v) is 4.87. The molecule has 0 aromatic carbocycles. The smallest absolute Gasteiger partial charge is 0.0607 e. The van der Waals surface area contributed by atoms with E-state index >= 15 is 0 Å². The van der Waals surface area contributed by atoms with E-state index < -0.39 is 0 Å². The van der Waals surface area contributed by atoms with Crippen molar-refractivity contribution in [2.24, 2.45) is 5.92 Å². The summed E-state index contributed by atoms with van der Waals surface area (Å²) in [6.45, 7) is 9.68. The summed E-state index contributed by atoms with van der Waals surface area (Å²) >= 11 is 0. The van der Waals surface area contributed by atoms with Gasteiger partial charge in [-0.2, -0.15) is 0 Å². The third-order valence-electron chi connectivity index (χ3n) is 2.11. The van der Waals surface area contributed by atoms with Gasteiger partial charge in [-0.25, -0.2) is 0 Å². The summed E-state index contributed by atoms with van der Waals surface area (Å²) in [5, 5.41) is 12.3. The van der Waals surface area contributed by atoms with Crippen molar-refractivity contribution in [3.05, 3.63) is 0 Å². The van der Waals surface area contributed by atoms with Gasteiger partial charge < -0.3 is 10.4 Å². The van der Waals surface area contributed by atoms with Gasteiger partial charge in [0, 0.05) is 5.54 Å². The molecule has 2 nitrogen and oxygen atoms in total. The molecule has 0 aliphatic carbocycles. The minimum Gasteiger partial charge on any atom is -0.394 e. The van der Waals surface area contributed by atoms with Crippen molar-refractivity contribution in [3.8, 4) is 0 Å². The summed E-state index contributed by atoms with van der Waals surface area (Å²) < 4.78 is 0. The van der Waals surface area contributed by atoms with Crippen molar-refractivity contribution in [3.63, 3.8) is 0 Å². The average molecular weight is 173 g/mol. The SMILES string of the molecule is CCC[C@@H](C)CNC(C)(C)CO. The highest BCUT2D eigenvalue weighted by atomic mass is 16.3. The Morgan fingerprint density at radius 1 is 1.42 bits per heavy atom. The summed E-state index contributed by atoms with van der Waals surface area (Å²) in [7, 11) is 0. The lowest BCUT2D eigenvalue weighted by molar-refractivity contribution is 0.183. The van der Waals surface area contributed by atoms with Gasteiger partial charge in [-0.15, -0.1) is 0 Å². The van der Waals surface area contributed by atoms with Gasteiger partial charge in [-0.05, 0) is 32.7 Å². The minimum absolute atomic E-state index is 0.123. The maximum atomic E-state index is 8.97. The summed E-state index contributed by atoms with van der Waals surface area (Å²) in [5.74, 6) is 0.709. The van der Waals surface area contributed by atoms with Crippen LogP contribution in [0.5, 0.6) is 0 Å². The fraction of sp³-hybridized carbons (Fsp3) is 1.00. The van der Waals surface area contributed by atoms with Crippen molar-refractivity contribution in [2.75, 3.05) is 13.2 Å². The fourth-order valence-electron chi connectivity index (χ4n) is 1.10. The molecule has 1 atom stereocenters. The first-order valence-electron chi connectivity index (χ1n) is 4.87. The normalized spacial score (nSPS) is 14.8. The molecule has 0 aromatic heterocycles. The molecule has 0 spiro atoms. The maximum Gasteiger partial charge on any atom is 0.0607 e. The molecule has 0 saturated heterocycles. The topological polar surface area (TPSA) is 32.3 Å². The highest BCUT2D eigenvalue weighted by Gasteiger charge is 2.15. The van der Waals surface area contributed by atoms with Gasteiger partial charge in [0.2, 0.25) is 0 Å². The van der Waals surface area contributed by atoms with Gasteiger partial charge in [0.15, 0.2) is 0 Å². The fourth-order valence-corrected chi connectivity index (χ4v) is 1.10. The zero-order valence-corrected chi connectivity index (χ0v) is 8.85. The summed E-state index contributed by atoms with van der Waals surface area (Å²) in [5.41, 5.74) is -0.123. The van der Waals surface area contributed by atoms with Crippen LogP contribution in [0.15, 0.2) is 0 Å². The number of aliphatic hydroxyl groups excluding tert-OH is 1. The molecule has 0 unspecified atom stereocenters. The van der Waals surface area contributed by atoms with E-state index in [0.717, 1.165) is 6.54 Å². The van der Waals surface area contributed by atoms with E-state index in [2.05, 4.69) is 19.2 Å². The summed E-state index contributed by atoms with van der Waals surface area (Å²) in [6.07, 6.45) is 2.50. The van der Waals surface area contributed by atoms with Crippen molar-refractivity contribution in [1.82, 2.24) is 5.32 Å². The van der Waals surface area contributed by atoms with E-state index in [1.807, 2.05) is 13.8 Å². The number of hydrogen-bond donors (Lipinski definition) is 2. The third-order valence-corrected chi connectivity index (χ3v) is 2.11. The quantitative estimate of drug-likeness (QED) is 0.642. The molecule has 74 valence electrons. The molecule has 0 fully saturated rings. The molecule has 0 saturated carbocycles. The van der Waals surface area contributed by atoms with E-state index in [1.165, 1.54) is 12.8 Å². The highest BCUT2D eigenvalue weighted by Crippen LogP contribution is 2.06. The third kappa shape index (κ3) is 5.56. The summed E-state index contributed by atoms with van der Waals surface area (Å²) in [6, 6.07) is 0. The Bertz CT molecular complexity index is 112. The Morgan fingerprint density at radius 3 is 2.42 bits per heavy atom. The lowest BCUT2D eigenvalue weighted by atomic mass is 10.0.